The molecule has 0 bridgehead atoms. The van der Waals surface area contributed by atoms with Crippen LogP contribution in [0, 0.1) is 0 Å². The molecule has 0 aromatic heterocycles. The molecule has 0 spiro atoms. The Labute approximate surface area is 118 Å². The molecule has 5 nitrogen and oxygen atoms in total. The average molecular weight is 287 g/mol. The van der Waals surface area contributed by atoms with Gasteiger partial charge in [-0.25, -0.2) is 4.79 Å². The van der Waals surface area contributed by atoms with Crippen molar-refractivity contribution < 1.29 is 14.6 Å². The Morgan fingerprint density at radius 2 is 2.11 bits per heavy atom. The topological polar surface area (TPSA) is 75.8 Å². The lowest BCUT2D eigenvalue weighted by atomic mass is 10.0. The molecule has 0 radical (unpaired) electrons. The maximum absolute atomic E-state index is 11.8. The van der Waals surface area contributed by atoms with Crippen LogP contribution in [0.5, 0.6) is 0 Å². The fraction of sp³-hybridized carbons (Fsp3) is 0.462. The van der Waals surface area contributed by atoms with E-state index in [-0.39, 0.29) is 31.1 Å². The van der Waals surface area contributed by atoms with Gasteiger partial charge in [0.15, 0.2) is 0 Å². The first kappa shape index (κ1) is 15.8. The van der Waals surface area contributed by atoms with E-state index in [9.17, 15) is 9.90 Å². The molecule has 0 unspecified atom stereocenters. The lowest BCUT2D eigenvalue weighted by molar-refractivity contribution is 0.0441. The first-order valence-electron chi connectivity index (χ1n) is 6.06. The third-order valence-corrected chi connectivity index (χ3v) is 3.08. The number of piperidine rings is 1. The minimum Gasteiger partial charge on any atom is -0.445 e. The van der Waals surface area contributed by atoms with Gasteiger partial charge >= 0.3 is 6.09 Å². The van der Waals surface area contributed by atoms with Crippen molar-refractivity contribution in [2.24, 2.45) is 5.73 Å². The highest BCUT2D eigenvalue weighted by Gasteiger charge is 2.28. The van der Waals surface area contributed by atoms with Crippen molar-refractivity contribution in [3.63, 3.8) is 0 Å². The number of hydrogen-bond donors (Lipinski definition) is 2. The van der Waals surface area contributed by atoms with Crippen LogP contribution in [0.1, 0.15) is 12.0 Å². The molecular formula is C13H19ClN2O3. The Bertz CT molecular complexity index is 402. The van der Waals surface area contributed by atoms with Crippen molar-refractivity contribution in [3.05, 3.63) is 35.9 Å². The number of carbonyl (C=O) groups is 1. The van der Waals surface area contributed by atoms with Crippen molar-refractivity contribution in [1.82, 2.24) is 4.90 Å². The molecule has 2 atom stereocenters. The molecule has 1 aromatic rings. The molecule has 1 heterocycles. The fourth-order valence-corrected chi connectivity index (χ4v) is 1.95. The van der Waals surface area contributed by atoms with Gasteiger partial charge in [0.05, 0.1) is 6.10 Å². The van der Waals surface area contributed by atoms with Crippen molar-refractivity contribution in [3.8, 4) is 0 Å². The van der Waals surface area contributed by atoms with Gasteiger partial charge in [-0.3, -0.25) is 0 Å². The van der Waals surface area contributed by atoms with Gasteiger partial charge in [0.25, 0.3) is 0 Å². The largest absolute Gasteiger partial charge is 0.445 e. The highest BCUT2D eigenvalue weighted by molar-refractivity contribution is 5.85. The smallest absolute Gasteiger partial charge is 0.410 e. The normalized spacial score (nSPS) is 22.5. The van der Waals surface area contributed by atoms with E-state index in [1.807, 2.05) is 30.3 Å². The molecule has 1 aliphatic rings. The Kier molecular flexibility index (Phi) is 6.08. The molecular weight excluding hydrogens is 268 g/mol. The van der Waals surface area contributed by atoms with E-state index in [1.54, 1.807) is 4.90 Å². The van der Waals surface area contributed by atoms with Gasteiger partial charge in [0.1, 0.15) is 6.61 Å². The molecule has 1 saturated heterocycles. The summed E-state index contributed by atoms with van der Waals surface area (Å²) in [6, 6.07) is 9.13. The second-order valence-electron chi connectivity index (χ2n) is 4.51. The van der Waals surface area contributed by atoms with Crippen LogP contribution in [0.3, 0.4) is 0 Å². The van der Waals surface area contributed by atoms with Crippen LogP contribution in [-0.2, 0) is 11.3 Å². The van der Waals surface area contributed by atoms with Gasteiger partial charge in [-0.2, -0.15) is 0 Å². The van der Waals surface area contributed by atoms with E-state index >= 15 is 0 Å². The van der Waals surface area contributed by atoms with E-state index in [1.165, 1.54) is 0 Å². The van der Waals surface area contributed by atoms with Gasteiger partial charge in [0, 0.05) is 19.1 Å². The Morgan fingerprint density at radius 3 is 2.74 bits per heavy atom. The molecule has 1 fully saturated rings. The standard InChI is InChI=1S/C13H18N2O3.ClH/c14-11-8-15(7-6-12(11)16)13(17)18-9-10-4-2-1-3-5-10;/h1-5,11-12,16H,6-9,14H2;1H/t11-,12-;/m1./s1. The van der Waals surface area contributed by atoms with Crippen LogP contribution in [0.2, 0.25) is 0 Å². The number of halogens is 1. The molecule has 3 N–H and O–H groups in total. The van der Waals surface area contributed by atoms with E-state index in [2.05, 4.69) is 0 Å². The number of amides is 1. The molecule has 0 aliphatic carbocycles. The summed E-state index contributed by atoms with van der Waals surface area (Å²) in [5.74, 6) is 0. The number of aliphatic hydroxyl groups excluding tert-OH is 1. The van der Waals surface area contributed by atoms with Crippen LogP contribution < -0.4 is 5.73 Å². The van der Waals surface area contributed by atoms with Crippen LogP contribution in [0.25, 0.3) is 0 Å². The third-order valence-electron chi connectivity index (χ3n) is 3.08. The summed E-state index contributed by atoms with van der Waals surface area (Å²) in [4.78, 5) is 13.3. The number of carbonyl (C=O) groups excluding carboxylic acids is 1. The predicted molar refractivity (Wildman–Crippen MR) is 74.0 cm³/mol. The maximum Gasteiger partial charge on any atom is 0.410 e. The Hall–Kier alpha value is -1.30. The van der Waals surface area contributed by atoms with Gasteiger partial charge in [-0.1, -0.05) is 30.3 Å². The zero-order valence-electron chi connectivity index (χ0n) is 10.6. The first-order chi connectivity index (χ1) is 8.66. The van der Waals surface area contributed by atoms with Crippen molar-refractivity contribution in [1.29, 1.82) is 0 Å². The predicted octanol–water partition coefficient (Wildman–Crippen LogP) is 1.14. The molecule has 1 amide bonds. The number of ether oxygens (including phenoxy) is 1. The Balaban J connectivity index is 0.00000180. The first-order valence-corrected chi connectivity index (χ1v) is 6.06. The molecule has 19 heavy (non-hydrogen) atoms. The zero-order valence-corrected chi connectivity index (χ0v) is 11.4. The van der Waals surface area contributed by atoms with Gasteiger partial charge in [-0.15, -0.1) is 12.4 Å². The third kappa shape index (κ3) is 4.38. The van der Waals surface area contributed by atoms with E-state index < -0.39 is 6.10 Å². The molecule has 6 heteroatoms. The van der Waals surface area contributed by atoms with Crippen molar-refractivity contribution in [2.45, 2.75) is 25.2 Å². The number of likely N-dealkylation sites (tertiary alicyclic amines) is 1. The zero-order chi connectivity index (χ0) is 13.0. The second kappa shape index (κ2) is 7.33. The van der Waals surface area contributed by atoms with E-state index in [0.29, 0.717) is 19.5 Å². The van der Waals surface area contributed by atoms with Crippen LogP contribution in [-0.4, -0.2) is 41.3 Å². The number of rotatable bonds is 2. The highest BCUT2D eigenvalue weighted by Crippen LogP contribution is 2.11. The van der Waals surface area contributed by atoms with Crippen molar-refractivity contribution in [2.75, 3.05) is 13.1 Å². The summed E-state index contributed by atoms with van der Waals surface area (Å²) >= 11 is 0. The van der Waals surface area contributed by atoms with Crippen LogP contribution in [0.15, 0.2) is 30.3 Å². The quantitative estimate of drug-likeness (QED) is 0.855. The molecule has 106 valence electrons. The number of nitrogens with two attached hydrogens (primary N) is 1. The average Bonchev–Trinajstić information content (AvgIpc) is 2.40. The van der Waals surface area contributed by atoms with Crippen molar-refractivity contribution >= 4 is 18.5 Å². The van der Waals surface area contributed by atoms with E-state index in [0.717, 1.165) is 5.56 Å². The summed E-state index contributed by atoms with van der Waals surface area (Å²) in [7, 11) is 0. The maximum atomic E-state index is 11.8. The summed E-state index contributed by atoms with van der Waals surface area (Å²) in [6.07, 6.45) is -0.397. The monoisotopic (exact) mass is 286 g/mol. The van der Waals surface area contributed by atoms with E-state index in [4.69, 9.17) is 10.5 Å². The minimum atomic E-state index is -0.525. The van der Waals surface area contributed by atoms with Gasteiger partial charge < -0.3 is 20.5 Å². The molecule has 1 aromatic carbocycles. The van der Waals surface area contributed by atoms with Gasteiger partial charge in [0.2, 0.25) is 0 Å². The number of aliphatic hydroxyl groups is 1. The summed E-state index contributed by atoms with van der Waals surface area (Å²) in [6.45, 7) is 1.09. The fourth-order valence-electron chi connectivity index (χ4n) is 1.95. The lowest BCUT2D eigenvalue weighted by Gasteiger charge is -2.33. The van der Waals surface area contributed by atoms with Gasteiger partial charge in [-0.05, 0) is 12.0 Å². The number of nitrogens with zero attached hydrogens (tertiary/aromatic N) is 1. The summed E-state index contributed by atoms with van der Waals surface area (Å²) in [5, 5.41) is 9.48. The minimum absolute atomic E-state index is 0. The molecule has 1 aliphatic heterocycles. The Morgan fingerprint density at radius 1 is 1.42 bits per heavy atom. The summed E-state index contributed by atoms with van der Waals surface area (Å²) < 4.78 is 5.20. The SMILES string of the molecule is Cl.N[C@@H]1CN(C(=O)OCc2ccccc2)CC[C@H]1O. The molecule has 2 rings (SSSR count). The summed E-state index contributed by atoms with van der Waals surface area (Å²) in [5.41, 5.74) is 6.67. The van der Waals surface area contributed by atoms with Crippen LogP contribution in [0.4, 0.5) is 4.79 Å². The lowest BCUT2D eigenvalue weighted by Crippen LogP contribution is -2.53. The number of hydrogen-bond acceptors (Lipinski definition) is 4. The highest BCUT2D eigenvalue weighted by atomic mass is 35.5. The molecule has 0 saturated carbocycles. The van der Waals surface area contributed by atoms with Crippen LogP contribution >= 0.6 is 12.4 Å². The second-order valence-corrected chi connectivity index (χ2v) is 4.51. The number of benzene rings is 1.